The van der Waals surface area contributed by atoms with Crippen molar-refractivity contribution in [2.75, 3.05) is 4.90 Å². The van der Waals surface area contributed by atoms with Crippen LogP contribution >= 0.6 is 0 Å². The maximum Gasteiger partial charge on any atom is 0.145 e. The van der Waals surface area contributed by atoms with Crippen molar-refractivity contribution >= 4 is 60.8 Å². The number of anilines is 3. The van der Waals surface area contributed by atoms with Crippen molar-refractivity contribution in [3.63, 3.8) is 0 Å². The molecule has 9 aromatic carbocycles. The molecule has 0 aliphatic carbocycles. The summed E-state index contributed by atoms with van der Waals surface area (Å²) in [6, 6.07) is 76.0. The molecule has 0 radical (unpaired) electrons. The molecule has 0 unspecified atom stereocenters. The molecule has 0 saturated heterocycles. The summed E-state index contributed by atoms with van der Waals surface area (Å²) >= 11 is 0. The third-order valence-electron chi connectivity index (χ3n) is 11.5. The number of fused-ring (bicyclic) bond motifs is 6. The Balaban J connectivity index is 1.19. The Morgan fingerprint density at radius 2 is 1.00 bits per heavy atom. The molecule has 11 rings (SSSR count). The minimum atomic E-state index is 0.855. The van der Waals surface area contributed by atoms with Crippen LogP contribution in [0.15, 0.2) is 217 Å². The van der Waals surface area contributed by atoms with E-state index in [-0.39, 0.29) is 0 Å². The fraction of sp³-hybridized carbons (Fsp3) is 0.0182. The van der Waals surface area contributed by atoms with E-state index in [0.717, 1.165) is 55.8 Å². The van der Waals surface area contributed by atoms with Gasteiger partial charge in [-0.05, 0) is 95.4 Å². The zero-order valence-electron chi connectivity index (χ0n) is 32.0. The Morgan fingerprint density at radius 1 is 0.431 bits per heavy atom. The van der Waals surface area contributed by atoms with Gasteiger partial charge in [0.05, 0.1) is 27.8 Å². The highest BCUT2D eigenvalue weighted by Crippen LogP contribution is 2.49. The predicted octanol–water partition coefficient (Wildman–Crippen LogP) is 15.5. The van der Waals surface area contributed by atoms with Crippen LogP contribution in [0.3, 0.4) is 0 Å². The van der Waals surface area contributed by atoms with Gasteiger partial charge in [0.25, 0.3) is 0 Å². The van der Waals surface area contributed by atoms with E-state index >= 15 is 0 Å². The summed E-state index contributed by atoms with van der Waals surface area (Å²) < 4.78 is 9.41. The molecule has 3 nitrogen and oxygen atoms in total. The van der Waals surface area contributed by atoms with Crippen molar-refractivity contribution in [3.05, 3.63) is 218 Å². The molecule has 0 bridgehead atoms. The number of para-hydroxylation sites is 5. The maximum atomic E-state index is 7.01. The highest BCUT2D eigenvalue weighted by Gasteiger charge is 2.25. The van der Waals surface area contributed by atoms with E-state index in [4.69, 9.17) is 4.42 Å². The molecule has 0 spiro atoms. The number of hydrogen-bond donors (Lipinski definition) is 0. The fourth-order valence-corrected chi connectivity index (χ4v) is 9.02. The SMILES string of the molecule is Cc1cc(N(c2ccccc2)c2ccc(-c3ccccc3-n3c4ccccc4c4ccccc43)c3oc4ccccc4c23)cc(-c2ccccc2)c1-c1ccccc1. The molecule has 58 heavy (non-hydrogen) atoms. The second kappa shape index (κ2) is 13.8. The van der Waals surface area contributed by atoms with Gasteiger partial charge in [0.2, 0.25) is 0 Å². The van der Waals surface area contributed by atoms with Gasteiger partial charge in [0.15, 0.2) is 0 Å². The summed E-state index contributed by atoms with van der Waals surface area (Å²) in [6.45, 7) is 2.24. The molecule has 0 atom stereocenters. The van der Waals surface area contributed by atoms with Crippen molar-refractivity contribution in [2.24, 2.45) is 0 Å². The third kappa shape index (κ3) is 5.43. The largest absolute Gasteiger partial charge is 0.455 e. The van der Waals surface area contributed by atoms with E-state index in [1.54, 1.807) is 0 Å². The first kappa shape index (κ1) is 33.7. The number of aromatic nitrogens is 1. The number of rotatable bonds is 7. The fourth-order valence-electron chi connectivity index (χ4n) is 9.02. The van der Waals surface area contributed by atoms with E-state index in [1.807, 2.05) is 0 Å². The maximum absolute atomic E-state index is 7.01. The smallest absolute Gasteiger partial charge is 0.145 e. The van der Waals surface area contributed by atoms with Crippen LogP contribution in [0, 0.1) is 6.92 Å². The number of aryl methyl sites for hydroxylation is 1. The predicted molar refractivity (Wildman–Crippen MR) is 244 cm³/mol. The molecular formula is C55H38N2O. The van der Waals surface area contributed by atoms with Crippen LogP contribution in [0.5, 0.6) is 0 Å². The second-order valence-electron chi connectivity index (χ2n) is 14.9. The summed E-state index contributed by atoms with van der Waals surface area (Å²) in [4.78, 5) is 2.40. The molecule has 2 aromatic heterocycles. The Labute approximate surface area is 337 Å². The van der Waals surface area contributed by atoms with Gasteiger partial charge < -0.3 is 13.9 Å². The summed E-state index contributed by atoms with van der Waals surface area (Å²) in [6.07, 6.45) is 0. The molecule has 0 aliphatic heterocycles. The van der Waals surface area contributed by atoms with Crippen LogP contribution in [0.2, 0.25) is 0 Å². The second-order valence-corrected chi connectivity index (χ2v) is 14.9. The molecule has 11 aromatic rings. The average molecular weight is 743 g/mol. The third-order valence-corrected chi connectivity index (χ3v) is 11.5. The average Bonchev–Trinajstić information content (AvgIpc) is 3.84. The van der Waals surface area contributed by atoms with Crippen LogP contribution < -0.4 is 4.90 Å². The first-order valence-electron chi connectivity index (χ1n) is 19.9. The van der Waals surface area contributed by atoms with E-state index < -0.39 is 0 Å². The van der Waals surface area contributed by atoms with Gasteiger partial charge in [-0.15, -0.1) is 0 Å². The number of benzene rings is 9. The normalized spacial score (nSPS) is 11.5. The lowest BCUT2D eigenvalue weighted by Gasteiger charge is -2.28. The van der Waals surface area contributed by atoms with Gasteiger partial charge >= 0.3 is 0 Å². The molecule has 0 N–H and O–H groups in total. The molecule has 2 heterocycles. The molecular weight excluding hydrogens is 705 g/mol. The van der Waals surface area contributed by atoms with Crippen LogP contribution in [0.25, 0.3) is 82.8 Å². The monoisotopic (exact) mass is 742 g/mol. The molecule has 0 aliphatic rings. The van der Waals surface area contributed by atoms with Crippen molar-refractivity contribution in [1.82, 2.24) is 4.57 Å². The Morgan fingerprint density at radius 3 is 1.71 bits per heavy atom. The van der Waals surface area contributed by atoms with E-state index in [2.05, 4.69) is 229 Å². The van der Waals surface area contributed by atoms with Gasteiger partial charge in [0, 0.05) is 38.7 Å². The summed E-state index contributed by atoms with van der Waals surface area (Å²) in [5, 5.41) is 4.61. The summed E-state index contributed by atoms with van der Waals surface area (Å²) in [7, 11) is 0. The van der Waals surface area contributed by atoms with Crippen molar-refractivity contribution < 1.29 is 4.42 Å². The summed E-state index contributed by atoms with van der Waals surface area (Å²) in [5.74, 6) is 0. The van der Waals surface area contributed by atoms with Crippen LogP contribution in [-0.4, -0.2) is 4.57 Å². The lowest BCUT2D eigenvalue weighted by molar-refractivity contribution is 0.670. The zero-order chi connectivity index (χ0) is 38.6. The van der Waals surface area contributed by atoms with Crippen LogP contribution in [0.1, 0.15) is 5.56 Å². The Hall–Kier alpha value is -7.62. The van der Waals surface area contributed by atoms with Crippen LogP contribution in [0.4, 0.5) is 17.1 Å². The van der Waals surface area contributed by atoms with Gasteiger partial charge in [-0.25, -0.2) is 0 Å². The first-order chi connectivity index (χ1) is 28.7. The topological polar surface area (TPSA) is 21.3 Å². The van der Waals surface area contributed by atoms with Crippen molar-refractivity contribution in [2.45, 2.75) is 6.92 Å². The van der Waals surface area contributed by atoms with Crippen LogP contribution in [-0.2, 0) is 0 Å². The van der Waals surface area contributed by atoms with E-state index in [9.17, 15) is 0 Å². The van der Waals surface area contributed by atoms with Crippen molar-refractivity contribution in [1.29, 1.82) is 0 Å². The van der Waals surface area contributed by atoms with E-state index in [0.29, 0.717) is 0 Å². The minimum Gasteiger partial charge on any atom is -0.455 e. The van der Waals surface area contributed by atoms with Crippen molar-refractivity contribution in [3.8, 4) is 39.1 Å². The van der Waals surface area contributed by atoms with Gasteiger partial charge in [-0.2, -0.15) is 0 Å². The molecule has 0 fully saturated rings. The van der Waals surface area contributed by atoms with E-state index in [1.165, 1.54) is 49.6 Å². The minimum absolute atomic E-state index is 0.855. The molecule has 0 saturated carbocycles. The molecule has 0 amide bonds. The number of nitrogens with zero attached hydrogens (tertiary/aromatic N) is 2. The Bertz CT molecular complexity index is 3230. The standard InChI is InChI=1S/C55H38N2O/c1-37-35-41(36-47(38-19-5-2-6-20-38)53(37)39-21-7-3-8-22-39)56(40-23-9-4-10-24-40)51-34-33-45(55-54(51)46-28-14-18-32-52(46)58-55)44-27-13-17-31-50(44)57-48-29-15-11-25-42(48)43-26-12-16-30-49(43)57/h2-36H,1H3. The first-order valence-corrected chi connectivity index (χ1v) is 19.9. The van der Waals surface area contributed by atoms with Gasteiger partial charge in [-0.3, -0.25) is 0 Å². The highest BCUT2D eigenvalue weighted by atomic mass is 16.3. The van der Waals surface area contributed by atoms with Gasteiger partial charge in [-0.1, -0.05) is 152 Å². The zero-order valence-corrected chi connectivity index (χ0v) is 32.0. The highest BCUT2D eigenvalue weighted by molar-refractivity contribution is 6.18. The molecule has 274 valence electrons. The number of hydrogen-bond acceptors (Lipinski definition) is 2. The summed E-state index contributed by atoms with van der Waals surface area (Å²) in [5.41, 5.74) is 16.5. The Kier molecular flexibility index (Phi) is 8.04. The van der Waals surface area contributed by atoms with Gasteiger partial charge in [0.1, 0.15) is 11.2 Å². The lowest BCUT2D eigenvalue weighted by atomic mass is 9.90. The number of furan rings is 1. The lowest BCUT2D eigenvalue weighted by Crippen LogP contribution is -2.11. The quantitative estimate of drug-likeness (QED) is 0.162. The molecule has 3 heteroatoms.